The molecule has 158 valence electrons. The van der Waals surface area contributed by atoms with Gasteiger partial charge in [0.05, 0.1) is 0 Å². The average Bonchev–Trinajstić information content (AvgIpc) is 3.11. The first-order valence-electron chi connectivity index (χ1n) is 10.3. The Morgan fingerprint density at radius 1 is 1.09 bits per heavy atom. The second kappa shape index (κ2) is 9.13. The smallest absolute Gasteiger partial charge is 0.266 e. The van der Waals surface area contributed by atoms with Crippen LogP contribution >= 0.6 is 11.6 Å². The van der Waals surface area contributed by atoms with Crippen LogP contribution in [-0.4, -0.2) is 10.5 Å². The van der Waals surface area contributed by atoms with Gasteiger partial charge in [-0.05, 0) is 55.3 Å². The van der Waals surface area contributed by atoms with Crippen LogP contribution in [0, 0.1) is 25.2 Å². The second-order valence-corrected chi connectivity index (χ2v) is 8.24. The molecule has 0 fully saturated rings. The van der Waals surface area contributed by atoms with E-state index in [0.29, 0.717) is 17.3 Å². The van der Waals surface area contributed by atoms with Gasteiger partial charge in [-0.3, -0.25) is 4.79 Å². The molecule has 1 amide bonds. The van der Waals surface area contributed by atoms with E-state index in [9.17, 15) is 10.1 Å². The molecule has 0 saturated carbocycles. The number of amides is 1. The highest BCUT2D eigenvalue weighted by Gasteiger charge is 2.14. The van der Waals surface area contributed by atoms with Crippen LogP contribution in [0.2, 0.25) is 5.02 Å². The third kappa shape index (κ3) is 4.59. The number of aromatic nitrogens is 1. The molecular weight excluding hydrogens is 418 g/mol. The van der Waals surface area contributed by atoms with Gasteiger partial charge in [-0.25, -0.2) is 0 Å². The predicted molar refractivity (Wildman–Crippen MR) is 131 cm³/mol. The van der Waals surface area contributed by atoms with Gasteiger partial charge in [0.25, 0.3) is 5.91 Å². The minimum absolute atomic E-state index is 0.0396. The van der Waals surface area contributed by atoms with Crippen molar-refractivity contribution in [1.29, 1.82) is 5.26 Å². The van der Waals surface area contributed by atoms with Crippen LogP contribution in [0.1, 0.15) is 22.3 Å². The summed E-state index contributed by atoms with van der Waals surface area (Å²) in [7, 11) is 0. The van der Waals surface area contributed by atoms with Gasteiger partial charge in [-0.1, -0.05) is 59.6 Å². The molecule has 4 aromatic rings. The maximum Gasteiger partial charge on any atom is 0.266 e. The maximum absolute atomic E-state index is 12.8. The number of aryl methyl sites for hydroxylation is 2. The van der Waals surface area contributed by atoms with Crippen molar-refractivity contribution in [2.75, 3.05) is 5.32 Å². The van der Waals surface area contributed by atoms with Crippen molar-refractivity contribution in [2.24, 2.45) is 0 Å². The number of anilines is 1. The summed E-state index contributed by atoms with van der Waals surface area (Å²) in [4.78, 5) is 12.8. The Morgan fingerprint density at radius 3 is 2.66 bits per heavy atom. The van der Waals surface area contributed by atoms with Gasteiger partial charge in [-0.15, -0.1) is 0 Å². The highest BCUT2D eigenvalue weighted by atomic mass is 35.5. The Kier molecular flexibility index (Phi) is 6.11. The lowest BCUT2D eigenvalue weighted by atomic mass is 10.1. The van der Waals surface area contributed by atoms with Crippen molar-refractivity contribution >= 4 is 40.2 Å². The molecule has 0 radical (unpaired) electrons. The van der Waals surface area contributed by atoms with Crippen molar-refractivity contribution in [3.05, 3.63) is 106 Å². The van der Waals surface area contributed by atoms with Crippen molar-refractivity contribution in [2.45, 2.75) is 20.4 Å². The summed E-state index contributed by atoms with van der Waals surface area (Å²) in [5.41, 5.74) is 5.77. The number of benzene rings is 3. The lowest BCUT2D eigenvalue weighted by Gasteiger charge is -2.08. The zero-order valence-corrected chi connectivity index (χ0v) is 18.6. The fraction of sp³-hybridized carbons (Fsp3) is 0.111. The standard InChI is InChI=1S/C27H22ClN3O/c1-18-6-5-7-20(12-18)16-31-17-22(24-8-3-4-9-26(24)31)14-21(15-29)27(32)30-25-11-10-23(28)13-19(25)2/h3-14,17H,16H2,1-2H3,(H,30,32)/b21-14+. The summed E-state index contributed by atoms with van der Waals surface area (Å²) in [6.45, 7) is 4.63. The molecule has 3 aromatic carbocycles. The molecule has 0 spiro atoms. The predicted octanol–water partition coefficient (Wildman–Crippen LogP) is 6.51. The first-order valence-corrected chi connectivity index (χ1v) is 10.6. The molecule has 0 saturated heterocycles. The van der Waals surface area contributed by atoms with E-state index < -0.39 is 5.91 Å². The number of halogens is 1. The lowest BCUT2D eigenvalue weighted by Crippen LogP contribution is -2.14. The van der Waals surface area contributed by atoms with Crippen LogP contribution in [0.25, 0.3) is 17.0 Å². The summed E-state index contributed by atoms with van der Waals surface area (Å²) in [5.74, 6) is -0.451. The van der Waals surface area contributed by atoms with Crippen LogP contribution in [0.5, 0.6) is 0 Å². The third-order valence-electron chi connectivity index (χ3n) is 5.36. The molecule has 32 heavy (non-hydrogen) atoms. The van der Waals surface area contributed by atoms with Gasteiger partial charge in [0.2, 0.25) is 0 Å². The highest BCUT2D eigenvalue weighted by Crippen LogP contribution is 2.26. The summed E-state index contributed by atoms with van der Waals surface area (Å²) in [5, 5.41) is 14.1. The quantitative estimate of drug-likeness (QED) is 0.285. The molecule has 0 aliphatic rings. The highest BCUT2D eigenvalue weighted by molar-refractivity contribution is 6.30. The van der Waals surface area contributed by atoms with Crippen molar-refractivity contribution in [3.63, 3.8) is 0 Å². The fourth-order valence-electron chi connectivity index (χ4n) is 3.79. The number of nitrogens with one attached hydrogen (secondary N) is 1. The number of carbonyl (C=O) groups is 1. The maximum atomic E-state index is 12.8. The molecule has 4 rings (SSSR count). The molecule has 0 aliphatic heterocycles. The van der Waals surface area contributed by atoms with Gasteiger partial charge in [0.1, 0.15) is 11.6 Å². The summed E-state index contributed by atoms with van der Waals surface area (Å²) in [6.07, 6.45) is 3.64. The minimum Gasteiger partial charge on any atom is -0.342 e. The first kappa shape index (κ1) is 21.4. The van der Waals surface area contributed by atoms with Gasteiger partial charge >= 0.3 is 0 Å². The topological polar surface area (TPSA) is 57.8 Å². The molecule has 1 heterocycles. The SMILES string of the molecule is Cc1cccc(Cn2cc(/C=C(\C#N)C(=O)Nc3ccc(Cl)cc3C)c3ccccc32)c1. The number of rotatable bonds is 5. The van der Waals surface area contributed by atoms with Crippen molar-refractivity contribution in [1.82, 2.24) is 4.57 Å². The summed E-state index contributed by atoms with van der Waals surface area (Å²) >= 11 is 6.00. The van der Waals surface area contributed by atoms with E-state index in [0.717, 1.165) is 22.0 Å². The van der Waals surface area contributed by atoms with Crippen LogP contribution in [-0.2, 0) is 11.3 Å². The van der Waals surface area contributed by atoms with Crippen LogP contribution < -0.4 is 5.32 Å². The van der Waals surface area contributed by atoms with Gasteiger partial charge < -0.3 is 9.88 Å². The molecule has 5 heteroatoms. The zero-order valence-electron chi connectivity index (χ0n) is 17.9. The Labute approximate surface area is 192 Å². The monoisotopic (exact) mass is 439 g/mol. The van der Waals surface area contributed by atoms with Crippen molar-refractivity contribution < 1.29 is 4.79 Å². The Balaban J connectivity index is 1.68. The van der Waals surface area contributed by atoms with E-state index in [1.807, 2.05) is 49.5 Å². The minimum atomic E-state index is -0.451. The third-order valence-corrected chi connectivity index (χ3v) is 5.59. The summed E-state index contributed by atoms with van der Waals surface area (Å²) in [6, 6.07) is 23.6. The molecule has 0 unspecified atom stereocenters. The molecular formula is C27H22ClN3O. The van der Waals surface area contributed by atoms with Crippen molar-refractivity contribution in [3.8, 4) is 6.07 Å². The fourth-order valence-corrected chi connectivity index (χ4v) is 4.02. The van der Waals surface area contributed by atoms with Crippen LogP contribution in [0.15, 0.2) is 78.5 Å². The molecule has 0 bridgehead atoms. The first-order chi connectivity index (χ1) is 15.4. The molecule has 1 N–H and O–H groups in total. The number of para-hydroxylation sites is 1. The Bertz CT molecular complexity index is 1390. The number of hydrogen-bond donors (Lipinski definition) is 1. The van der Waals surface area contributed by atoms with Gasteiger partial charge in [0.15, 0.2) is 0 Å². The zero-order chi connectivity index (χ0) is 22.7. The van der Waals surface area contributed by atoms with E-state index in [1.165, 1.54) is 11.1 Å². The molecule has 1 aromatic heterocycles. The number of carbonyl (C=O) groups excluding carboxylic acids is 1. The number of fused-ring (bicyclic) bond motifs is 1. The average molecular weight is 440 g/mol. The molecule has 0 aliphatic carbocycles. The van der Waals surface area contributed by atoms with E-state index in [4.69, 9.17) is 11.6 Å². The van der Waals surface area contributed by atoms with E-state index in [1.54, 1.807) is 24.3 Å². The van der Waals surface area contributed by atoms with E-state index >= 15 is 0 Å². The van der Waals surface area contributed by atoms with Gasteiger partial charge in [-0.2, -0.15) is 5.26 Å². The lowest BCUT2D eigenvalue weighted by molar-refractivity contribution is -0.112. The van der Waals surface area contributed by atoms with Gasteiger partial charge in [0, 0.05) is 39.9 Å². The van der Waals surface area contributed by atoms with Crippen LogP contribution in [0.4, 0.5) is 5.69 Å². The molecule has 4 nitrogen and oxygen atoms in total. The second-order valence-electron chi connectivity index (χ2n) is 7.80. The largest absolute Gasteiger partial charge is 0.342 e. The Morgan fingerprint density at radius 2 is 1.91 bits per heavy atom. The van der Waals surface area contributed by atoms with Crippen LogP contribution in [0.3, 0.4) is 0 Å². The number of nitriles is 1. The number of nitrogens with zero attached hydrogens (tertiary/aromatic N) is 2. The van der Waals surface area contributed by atoms with E-state index in [-0.39, 0.29) is 5.57 Å². The number of hydrogen-bond acceptors (Lipinski definition) is 2. The Hall–Kier alpha value is -3.81. The normalized spacial score (nSPS) is 11.4. The van der Waals surface area contributed by atoms with E-state index in [2.05, 4.69) is 35.0 Å². The molecule has 0 atom stereocenters. The summed E-state index contributed by atoms with van der Waals surface area (Å²) < 4.78 is 2.15.